The number of nitrogens with zero attached hydrogens (tertiary/aromatic N) is 1. The number of aliphatic hydroxyl groups is 1. The van der Waals surface area contributed by atoms with Crippen LogP contribution in [0.1, 0.15) is 44.6 Å². The fourth-order valence-electron chi connectivity index (χ4n) is 1.81. The Kier molecular flexibility index (Phi) is 5.95. The van der Waals surface area contributed by atoms with Crippen molar-refractivity contribution >= 4 is 11.6 Å². The maximum atomic E-state index is 11.7. The van der Waals surface area contributed by atoms with Gasteiger partial charge in [-0.15, -0.1) is 0 Å². The second-order valence-electron chi connectivity index (χ2n) is 5.31. The minimum absolute atomic E-state index is 0.190. The van der Waals surface area contributed by atoms with Crippen LogP contribution in [0.4, 0.5) is 5.69 Å². The van der Waals surface area contributed by atoms with Crippen molar-refractivity contribution in [2.75, 3.05) is 18.4 Å². The van der Waals surface area contributed by atoms with E-state index in [0.717, 1.165) is 12.1 Å². The third-order valence-corrected chi connectivity index (χ3v) is 3.65. The van der Waals surface area contributed by atoms with Crippen LogP contribution < -0.4 is 10.6 Å². The van der Waals surface area contributed by atoms with E-state index in [1.807, 2.05) is 20.8 Å². The Morgan fingerprint density at radius 2 is 2.20 bits per heavy atom. The van der Waals surface area contributed by atoms with Crippen molar-refractivity contribution in [1.82, 2.24) is 10.3 Å². The summed E-state index contributed by atoms with van der Waals surface area (Å²) in [4.78, 5) is 15.7. The summed E-state index contributed by atoms with van der Waals surface area (Å²) >= 11 is 0. The number of aromatic nitrogens is 1. The predicted octanol–water partition coefficient (Wildman–Crippen LogP) is 2.04. The standard InChI is InChI=1S/C15H25N3O2/c1-5-11(3)15(4,20)10-18-12-7-8-17-13(9-12)14(19)16-6-2/h7-9,11,20H,5-6,10H2,1-4H3,(H,16,19)(H,17,18)/t11-,15+/m1/s1. The first-order valence-corrected chi connectivity index (χ1v) is 7.11. The zero-order valence-corrected chi connectivity index (χ0v) is 12.7. The van der Waals surface area contributed by atoms with Crippen LogP contribution in [0.3, 0.4) is 0 Å². The summed E-state index contributed by atoms with van der Waals surface area (Å²) in [6, 6.07) is 3.48. The Hall–Kier alpha value is -1.62. The van der Waals surface area contributed by atoms with Gasteiger partial charge in [0.15, 0.2) is 0 Å². The highest BCUT2D eigenvalue weighted by Gasteiger charge is 2.26. The van der Waals surface area contributed by atoms with E-state index in [9.17, 15) is 9.90 Å². The van der Waals surface area contributed by atoms with Crippen LogP contribution in [0.15, 0.2) is 18.3 Å². The normalized spacial score (nSPS) is 15.2. The lowest BCUT2D eigenvalue weighted by atomic mass is 9.88. The van der Waals surface area contributed by atoms with Crippen LogP contribution in [-0.2, 0) is 0 Å². The molecule has 1 rings (SSSR count). The minimum atomic E-state index is -0.788. The maximum absolute atomic E-state index is 11.7. The van der Waals surface area contributed by atoms with E-state index >= 15 is 0 Å². The Bertz CT molecular complexity index is 446. The maximum Gasteiger partial charge on any atom is 0.269 e. The number of rotatable bonds is 7. The predicted molar refractivity (Wildman–Crippen MR) is 80.8 cm³/mol. The summed E-state index contributed by atoms with van der Waals surface area (Å²) in [5.74, 6) is 0.00420. The summed E-state index contributed by atoms with van der Waals surface area (Å²) in [5, 5.41) is 16.2. The molecule has 0 bridgehead atoms. The van der Waals surface area contributed by atoms with E-state index in [1.54, 1.807) is 18.3 Å². The first-order chi connectivity index (χ1) is 9.40. The Labute approximate surface area is 120 Å². The first kappa shape index (κ1) is 16.4. The number of carbonyl (C=O) groups is 1. The topological polar surface area (TPSA) is 74.2 Å². The summed E-state index contributed by atoms with van der Waals surface area (Å²) < 4.78 is 0. The molecule has 5 nitrogen and oxygen atoms in total. The van der Waals surface area contributed by atoms with Gasteiger partial charge in [-0.2, -0.15) is 0 Å². The zero-order chi connectivity index (χ0) is 15.2. The number of nitrogens with one attached hydrogen (secondary N) is 2. The number of hydrogen-bond donors (Lipinski definition) is 3. The van der Waals surface area contributed by atoms with Gasteiger partial charge >= 0.3 is 0 Å². The summed E-state index contributed by atoms with van der Waals surface area (Å²) in [6.07, 6.45) is 2.50. The van der Waals surface area contributed by atoms with Crippen molar-refractivity contribution in [3.63, 3.8) is 0 Å². The van der Waals surface area contributed by atoms with Gasteiger partial charge in [0.05, 0.1) is 5.60 Å². The molecule has 2 atom stereocenters. The number of pyridine rings is 1. The molecule has 5 heteroatoms. The molecule has 112 valence electrons. The molecule has 0 radical (unpaired) electrons. The average molecular weight is 279 g/mol. The lowest BCUT2D eigenvalue weighted by Gasteiger charge is -2.30. The van der Waals surface area contributed by atoms with E-state index in [4.69, 9.17) is 0 Å². The molecule has 0 spiro atoms. The van der Waals surface area contributed by atoms with E-state index < -0.39 is 5.60 Å². The van der Waals surface area contributed by atoms with E-state index in [2.05, 4.69) is 22.5 Å². The summed E-state index contributed by atoms with van der Waals surface area (Å²) in [6.45, 7) is 8.76. The van der Waals surface area contributed by atoms with E-state index in [1.165, 1.54) is 0 Å². The van der Waals surface area contributed by atoms with Crippen molar-refractivity contribution in [2.45, 2.75) is 39.7 Å². The number of amides is 1. The second kappa shape index (κ2) is 7.24. The van der Waals surface area contributed by atoms with Gasteiger partial charge in [-0.05, 0) is 31.9 Å². The molecular weight excluding hydrogens is 254 g/mol. The molecule has 0 aromatic carbocycles. The molecule has 0 saturated heterocycles. The molecule has 1 aromatic heterocycles. The van der Waals surface area contributed by atoms with Crippen LogP contribution in [0.5, 0.6) is 0 Å². The van der Waals surface area contributed by atoms with Crippen molar-refractivity contribution in [3.05, 3.63) is 24.0 Å². The summed E-state index contributed by atoms with van der Waals surface area (Å²) in [5.41, 5.74) is 0.369. The minimum Gasteiger partial charge on any atom is -0.388 e. The third kappa shape index (κ3) is 4.49. The zero-order valence-electron chi connectivity index (χ0n) is 12.7. The molecule has 20 heavy (non-hydrogen) atoms. The monoisotopic (exact) mass is 279 g/mol. The van der Waals surface area contributed by atoms with Crippen LogP contribution in [0.25, 0.3) is 0 Å². The first-order valence-electron chi connectivity index (χ1n) is 7.11. The smallest absolute Gasteiger partial charge is 0.269 e. The molecule has 0 fully saturated rings. The van der Waals surface area contributed by atoms with Gasteiger partial charge in [0.2, 0.25) is 0 Å². The van der Waals surface area contributed by atoms with Gasteiger partial charge in [0, 0.05) is 25.0 Å². The molecule has 1 aromatic rings. The summed E-state index contributed by atoms with van der Waals surface area (Å²) in [7, 11) is 0. The average Bonchev–Trinajstić information content (AvgIpc) is 2.45. The van der Waals surface area contributed by atoms with Gasteiger partial charge in [-0.3, -0.25) is 9.78 Å². The number of carbonyl (C=O) groups excluding carboxylic acids is 1. The van der Waals surface area contributed by atoms with Gasteiger partial charge in [-0.1, -0.05) is 20.3 Å². The molecule has 1 heterocycles. The van der Waals surface area contributed by atoms with E-state index in [0.29, 0.717) is 18.8 Å². The molecule has 0 aliphatic carbocycles. The third-order valence-electron chi connectivity index (χ3n) is 3.65. The molecule has 0 aliphatic heterocycles. The fourth-order valence-corrected chi connectivity index (χ4v) is 1.81. The fraction of sp³-hybridized carbons (Fsp3) is 0.600. The Morgan fingerprint density at radius 1 is 1.50 bits per heavy atom. The van der Waals surface area contributed by atoms with Crippen LogP contribution in [0, 0.1) is 5.92 Å². The van der Waals surface area contributed by atoms with Crippen LogP contribution in [0.2, 0.25) is 0 Å². The Morgan fingerprint density at radius 3 is 2.80 bits per heavy atom. The van der Waals surface area contributed by atoms with Crippen molar-refractivity contribution < 1.29 is 9.90 Å². The molecule has 1 amide bonds. The van der Waals surface area contributed by atoms with Crippen molar-refractivity contribution in [3.8, 4) is 0 Å². The second-order valence-corrected chi connectivity index (χ2v) is 5.31. The molecule has 0 unspecified atom stereocenters. The van der Waals surface area contributed by atoms with Crippen molar-refractivity contribution in [1.29, 1.82) is 0 Å². The van der Waals surface area contributed by atoms with Gasteiger partial charge < -0.3 is 15.7 Å². The quantitative estimate of drug-likeness (QED) is 0.714. The number of anilines is 1. The van der Waals surface area contributed by atoms with Crippen LogP contribution >= 0.6 is 0 Å². The number of hydrogen-bond acceptors (Lipinski definition) is 4. The highest BCUT2D eigenvalue weighted by atomic mass is 16.3. The largest absolute Gasteiger partial charge is 0.388 e. The lowest BCUT2D eigenvalue weighted by Crippen LogP contribution is -2.39. The van der Waals surface area contributed by atoms with E-state index in [-0.39, 0.29) is 11.8 Å². The Balaban J connectivity index is 2.69. The molecular formula is C15H25N3O2. The highest BCUT2D eigenvalue weighted by Crippen LogP contribution is 2.20. The van der Waals surface area contributed by atoms with Crippen molar-refractivity contribution in [2.24, 2.45) is 5.92 Å². The van der Waals surface area contributed by atoms with Gasteiger partial charge in [-0.25, -0.2) is 0 Å². The highest BCUT2D eigenvalue weighted by molar-refractivity contribution is 5.93. The molecule has 0 saturated carbocycles. The van der Waals surface area contributed by atoms with Gasteiger partial charge in [0.25, 0.3) is 5.91 Å². The molecule has 0 aliphatic rings. The SMILES string of the molecule is CCNC(=O)c1cc(NC[C@](C)(O)[C@H](C)CC)ccn1. The lowest BCUT2D eigenvalue weighted by molar-refractivity contribution is 0.0176. The molecule has 3 N–H and O–H groups in total. The van der Waals surface area contributed by atoms with Gasteiger partial charge in [0.1, 0.15) is 5.69 Å². The van der Waals surface area contributed by atoms with Crippen LogP contribution in [-0.4, -0.2) is 34.7 Å².